The van der Waals surface area contributed by atoms with E-state index in [4.69, 9.17) is 9.47 Å². The molecule has 0 saturated carbocycles. The lowest BCUT2D eigenvalue weighted by Gasteiger charge is -2.40. The van der Waals surface area contributed by atoms with E-state index in [0.29, 0.717) is 25.1 Å². The second-order valence-electron chi connectivity index (χ2n) is 12.5. The predicted molar refractivity (Wildman–Crippen MR) is 161 cm³/mol. The average molecular weight is 592 g/mol. The van der Waals surface area contributed by atoms with Crippen molar-refractivity contribution in [1.82, 2.24) is 21.0 Å². The zero-order valence-electron chi connectivity index (χ0n) is 25.4. The monoisotopic (exact) mass is 591 g/mol. The summed E-state index contributed by atoms with van der Waals surface area (Å²) in [6, 6.07) is 18.0. The van der Waals surface area contributed by atoms with Crippen molar-refractivity contribution in [3.05, 3.63) is 71.8 Å². The Morgan fingerprint density at radius 2 is 1.63 bits per heavy atom. The van der Waals surface area contributed by atoms with Crippen LogP contribution in [0.1, 0.15) is 52.2 Å². The maximum Gasteiger partial charge on any atom is 0.408 e. The molecule has 2 aromatic carbocycles. The molecule has 2 aliphatic heterocycles. The molecule has 2 heterocycles. The van der Waals surface area contributed by atoms with Gasteiger partial charge in [-0.25, -0.2) is 10.2 Å². The Morgan fingerprint density at radius 3 is 2.26 bits per heavy atom. The van der Waals surface area contributed by atoms with Gasteiger partial charge in [0.1, 0.15) is 22.6 Å². The van der Waals surface area contributed by atoms with E-state index in [-0.39, 0.29) is 31.6 Å². The van der Waals surface area contributed by atoms with E-state index >= 15 is 0 Å². The van der Waals surface area contributed by atoms with E-state index in [0.717, 1.165) is 11.1 Å². The van der Waals surface area contributed by atoms with E-state index in [1.54, 1.807) is 25.7 Å². The van der Waals surface area contributed by atoms with Gasteiger partial charge < -0.3 is 25.0 Å². The van der Waals surface area contributed by atoms with Gasteiger partial charge in [0.25, 0.3) is 5.91 Å². The summed E-state index contributed by atoms with van der Waals surface area (Å²) < 4.78 is 11.2. The molecule has 4 amide bonds. The summed E-state index contributed by atoms with van der Waals surface area (Å²) in [4.78, 5) is 54.7. The van der Waals surface area contributed by atoms with Crippen LogP contribution < -0.4 is 16.1 Å². The van der Waals surface area contributed by atoms with Crippen LogP contribution in [-0.4, -0.2) is 71.3 Å². The van der Waals surface area contributed by atoms with Crippen LogP contribution in [0.3, 0.4) is 0 Å². The minimum absolute atomic E-state index is 0.107. The first-order chi connectivity index (χ1) is 20.3. The summed E-state index contributed by atoms with van der Waals surface area (Å²) in [6.45, 7) is 8.78. The first-order valence-electron chi connectivity index (χ1n) is 14.4. The number of likely N-dealkylation sites (tertiary alicyclic amines) is 1. The first kappa shape index (κ1) is 31.7. The minimum Gasteiger partial charge on any atom is -0.444 e. The molecule has 0 aromatic heterocycles. The molecule has 1 fully saturated rings. The molecular weight excluding hydrogens is 550 g/mol. The third-order valence-electron chi connectivity index (χ3n) is 7.40. The Bertz CT molecular complexity index is 1360. The molecule has 0 spiro atoms. The molecule has 4 rings (SSSR count). The van der Waals surface area contributed by atoms with Crippen LogP contribution in [0.5, 0.6) is 0 Å². The normalized spacial score (nSPS) is 19.0. The van der Waals surface area contributed by atoms with Gasteiger partial charge in [-0.05, 0) is 52.2 Å². The SMILES string of the molecule is CC(C)(C)OC(=O)NC(C)(C)C(=O)N[C@H](COCc1ccccc1)C(=O)N1CCC2=NNC(=O)[C@]2(Cc2ccccc2)C1. The molecule has 11 nitrogen and oxygen atoms in total. The highest BCUT2D eigenvalue weighted by molar-refractivity contribution is 6.13. The topological polar surface area (TPSA) is 138 Å². The Morgan fingerprint density at radius 1 is 1.00 bits per heavy atom. The van der Waals surface area contributed by atoms with Crippen molar-refractivity contribution < 1.29 is 28.7 Å². The number of fused-ring (bicyclic) bond motifs is 1. The lowest BCUT2D eigenvalue weighted by Crippen LogP contribution is -2.63. The lowest BCUT2D eigenvalue weighted by atomic mass is 9.73. The Kier molecular flexibility index (Phi) is 9.54. The molecule has 0 bridgehead atoms. The number of nitrogens with zero attached hydrogens (tertiary/aromatic N) is 2. The van der Waals surface area contributed by atoms with Gasteiger partial charge in [-0.1, -0.05) is 60.7 Å². The molecule has 0 radical (unpaired) electrons. The Hall–Kier alpha value is -4.25. The van der Waals surface area contributed by atoms with Crippen LogP contribution in [0.4, 0.5) is 4.79 Å². The summed E-state index contributed by atoms with van der Waals surface area (Å²) in [5.74, 6) is -1.23. The van der Waals surface area contributed by atoms with E-state index in [9.17, 15) is 19.2 Å². The third-order valence-corrected chi connectivity index (χ3v) is 7.40. The molecular formula is C32H41N5O6. The molecule has 0 aliphatic carbocycles. The number of carbonyl (C=O) groups is 4. The summed E-state index contributed by atoms with van der Waals surface area (Å²) in [6.07, 6.45) is 0.0411. The highest BCUT2D eigenvalue weighted by Gasteiger charge is 2.52. The Balaban J connectivity index is 1.52. The number of carbonyl (C=O) groups excluding carboxylic acids is 4. The van der Waals surface area contributed by atoms with E-state index in [1.165, 1.54) is 13.8 Å². The van der Waals surface area contributed by atoms with Gasteiger partial charge in [-0.2, -0.15) is 5.10 Å². The lowest BCUT2D eigenvalue weighted by molar-refractivity contribution is -0.142. The quantitative estimate of drug-likeness (QED) is 0.389. The number of benzene rings is 2. The molecule has 2 aromatic rings. The third kappa shape index (κ3) is 7.98. The summed E-state index contributed by atoms with van der Waals surface area (Å²) >= 11 is 0. The number of hydrogen-bond acceptors (Lipinski definition) is 7. The number of nitrogens with one attached hydrogen (secondary N) is 3. The second kappa shape index (κ2) is 12.9. The summed E-state index contributed by atoms with van der Waals surface area (Å²) in [5, 5.41) is 9.66. The molecule has 2 aliphatic rings. The standard InChI is InChI=1S/C32H41N5O6/c1-30(2,3)43-29(41)34-31(4,5)27(39)33-24(20-42-19-23-14-10-7-11-15-23)26(38)37-17-16-25-32(21-37,28(40)36-35-25)18-22-12-8-6-9-13-22/h6-15,24H,16-21H2,1-5H3,(H,33,39)(H,34,41)(H,36,40)/t24-,32-/m1/s1. The summed E-state index contributed by atoms with van der Waals surface area (Å²) in [7, 11) is 0. The molecule has 0 unspecified atom stereocenters. The fourth-order valence-corrected chi connectivity index (χ4v) is 5.16. The van der Waals surface area contributed by atoms with Gasteiger partial charge in [0.15, 0.2) is 0 Å². The number of amides is 4. The van der Waals surface area contributed by atoms with Gasteiger partial charge in [0.2, 0.25) is 11.8 Å². The van der Waals surface area contributed by atoms with Crippen LogP contribution in [0.2, 0.25) is 0 Å². The number of alkyl carbamates (subject to hydrolysis) is 1. The van der Waals surface area contributed by atoms with Crippen LogP contribution >= 0.6 is 0 Å². The van der Waals surface area contributed by atoms with Crippen molar-refractivity contribution >= 4 is 29.5 Å². The maximum absolute atomic E-state index is 14.1. The highest BCUT2D eigenvalue weighted by Crippen LogP contribution is 2.35. The zero-order chi connectivity index (χ0) is 31.3. The fraction of sp³-hybridized carbons (Fsp3) is 0.469. The first-order valence-corrected chi connectivity index (χ1v) is 14.4. The van der Waals surface area contributed by atoms with Gasteiger partial charge in [0.05, 0.1) is 18.9 Å². The molecule has 230 valence electrons. The second-order valence-corrected chi connectivity index (χ2v) is 12.5. The van der Waals surface area contributed by atoms with Crippen molar-refractivity contribution in [1.29, 1.82) is 0 Å². The van der Waals surface area contributed by atoms with Crippen LogP contribution in [0.25, 0.3) is 0 Å². The maximum atomic E-state index is 14.1. The number of ether oxygens (including phenoxy) is 2. The Labute approximate surface area is 252 Å². The fourth-order valence-electron chi connectivity index (χ4n) is 5.16. The number of piperidine rings is 1. The van der Waals surface area contributed by atoms with Crippen LogP contribution in [0.15, 0.2) is 65.8 Å². The minimum atomic E-state index is -1.40. The molecule has 3 N–H and O–H groups in total. The van der Waals surface area contributed by atoms with Crippen molar-refractivity contribution in [2.24, 2.45) is 10.5 Å². The van der Waals surface area contributed by atoms with Gasteiger partial charge in [-0.15, -0.1) is 0 Å². The van der Waals surface area contributed by atoms with E-state index in [1.807, 2.05) is 60.7 Å². The van der Waals surface area contributed by atoms with Crippen molar-refractivity contribution in [3.63, 3.8) is 0 Å². The largest absolute Gasteiger partial charge is 0.444 e. The molecule has 1 saturated heterocycles. The van der Waals surface area contributed by atoms with Crippen LogP contribution in [-0.2, 0) is 36.9 Å². The van der Waals surface area contributed by atoms with Crippen molar-refractivity contribution in [3.8, 4) is 0 Å². The van der Waals surface area contributed by atoms with Crippen molar-refractivity contribution in [2.45, 2.75) is 71.2 Å². The highest BCUT2D eigenvalue weighted by atomic mass is 16.6. The van der Waals surface area contributed by atoms with Crippen molar-refractivity contribution in [2.75, 3.05) is 19.7 Å². The molecule has 2 atom stereocenters. The van der Waals surface area contributed by atoms with Crippen LogP contribution in [0, 0.1) is 5.41 Å². The molecule has 43 heavy (non-hydrogen) atoms. The van der Waals surface area contributed by atoms with E-state index < -0.39 is 34.6 Å². The summed E-state index contributed by atoms with van der Waals surface area (Å²) in [5.41, 5.74) is 2.04. The number of hydrogen-bond donors (Lipinski definition) is 3. The van der Waals surface area contributed by atoms with Gasteiger partial charge in [0, 0.05) is 19.5 Å². The smallest absolute Gasteiger partial charge is 0.408 e. The van der Waals surface area contributed by atoms with Gasteiger partial charge >= 0.3 is 6.09 Å². The van der Waals surface area contributed by atoms with Gasteiger partial charge in [-0.3, -0.25) is 14.4 Å². The number of hydrazone groups is 1. The number of rotatable bonds is 10. The molecule has 11 heteroatoms. The average Bonchev–Trinajstić information content (AvgIpc) is 3.26. The van der Waals surface area contributed by atoms with E-state index in [2.05, 4.69) is 21.2 Å². The predicted octanol–water partition coefficient (Wildman–Crippen LogP) is 2.94. The zero-order valence-corrected chi connectivity index (χ0v) is 25.4.